The van der Waals surface area contributed by atoms with Gasteiger partial charge in [-0.1, -0.05) is 6.07 Å². The summed E-state index contributed by atoms with van der Waals surface area (Å²) in [5, 5.41) is 7.07. The van der Waals surface area contributed by atoms with Gasteiger partial charge in [-0.15, -0.1) is 0 Å². The van der Waals surface area contributed by atoms with Crippen molar-refractivity contribution in [1.82, 2.24) is 9.78 Å². The largest absolute Gasteiger partial charge is 0.381 e. The predicted molar refractivity (Wildman–Crippen MR) is 72.7 cm³/mol. The summed E-state index contributed by atoms with van der Waals surface area (Å²) in [6.45, 7) is 4.00. The van der Waals surface area contributed by atoms with Gasteiger partial charge in [0, 0.05) is 12.1 Å². The van der Waals surface area contributed by atoms with Crippen molar-refractivity contribution in [3.05, 3.63) is 58.0 Å². The van der Waals surface area contributed by atoms with Crippen molar-refractivity contribution in [3.63, 3.8) is 0 Å². The van der Waals surface area contributed by atoms with Crippen LogP contribution in [-0.2, 0) is 6.54 Å². The summed E-state index contributed by atoms with van der Waals surface area (Å²) in [6, 6.07) is 5.13. The lowest BCUT2D eigenvalue weighted by Crippen LogP contribution is -2.24. The van der Waals surface area contributed by atoms with Crippen LogP contribution >= 0.6 is 0 Å². The third-order valence-corrected chi connectivity index (χ3v) is 2.64. The minimum absolute atomic E-state index is 0.0952. The van der Waals surface area contributed by atoms with Gasteiger partial charge in [0.2, 0.25) is 0 Å². The van der Waals surface area contributed by atoms with Gasteiger partial charge in [0.25, 0.3) is 5.56 Å². The van der Waals surface area contributed by atoms with Crippen molar-refractivity contribution in [2.75, 3.05) is 5.32 Å². The summed E-state index contributed by atoms with van der Waals surface area (Å²) in [6.07, 6.45) is 1.53. The Hall–Kier alpha value is -2.24. The fourth-order valence-corrected chi connectivity index (χ4v) is 1.78. The molecular weight excluding hydrogens is 264 g/mol. The van der Waals surface area contributed by atoms with E-state index in [1.54, 1.807) is 0 Å². The molecule has 1 heterocycles. The first-order valence-electron chi connectivity index (χ1n) is 6.23. The van der Waals surface area contributed by atoms with Gasteiger partial charge in [-0.25, -0.2) is 13.5 Å². The van der Waals surface area contributed by atoms with E-state index in [9.17, 15) is 13.6 Å². The van der Waals surface area contributed by atoms with Gasteiger partial charge in [0.1, 0.15) is 0 Å². The van der Waals surface area contributed by atoms with Crippen LogP contribution in [0.25, 0.3) is 0 Å². The monoisotopic (exact) mass is 279 g/mol. The Morgan fingerprint density at radius 3 is 2.60 bits per heavy atom. The number of nitrogens with one attached hydrogen (secondary N) is 1. The molecule has 0 amide bonds. The van der Waals surface area contributed by atoms with E-state index in [4.69, 9.17) is 0 Å². The summed E-state index contributed by atoms with van der Waals surface area (Å²) in [5.41, 5.74) is 0.801. The molecule has 0 spiro atoms. The standard InChI is InChI=1S/C14H15F2N3O/c1-9(2)18-11-6-14(20)19(17-7-11)8-10-3-4-12(15)13(16)5-10/h3-7,9,18H,8H2,1-2H3. The summed E-state index contributed by atoms with van der Waals surface area (Å²) in [4.78, 5) is 11.9. The van der Waals surface area contributed by atoms with Gasteiger partial charge < -0.3 is 5.32 Å². The van der Waals surface area contributed by atoms with Crippen molar-refractivity contribution >= 4 is 5.69 Å². The molecule has 0 bridgehead atoms. The van der Waals surface area contributed by atoms with Gasteiger partial charge in [0.05, 0.1) is 18.4 Å². The molecule has 106 valence electrons. The summed E-state index contributed by atoms with van der Waals surface area (Å²) < 4.78 is 27.1. The van der Waals surface area contributed by atoms with Gasteiger partial charge in [-0.3, -0.25) is 4.79 Å². The number of anilines is 1. The number of hydrogen-bond donors (Lipinski definition) is 1. The highest BCUT2D eigenvalue weighted by Crippen LogP contribution is 2.09. The Bertz CT molecular complexity index is 668. The first-order valence-corrected chi connectivity index (χ1v) is 6.23. The number of benzene rings is 1. The van der Waals surface area contributed by atoms with Crippen molar-refractivity contribution in [2.45, 2.75) is 26.4 Å². The average molecular weight is 279 g/mol. The molecule has 0 aliphatic rings. The molecule has 0 aliphatic carbocycles. The maximum absolute atomic E-state index is 13.1. The van der Waals surface area contributed by atoms with E-state index in [1.165, 1.54) is 23.0 Å². The Balaban J connectivity index is 2.21. The Kier molecular flexibility index (Phi) is 4.12. The molecule has 4 nitrogen and oxygen atoms in total. The Morgan fingerprint density at radius 2 is 2.00 bits per heavy atom. The highest BCUT2D eigenvalue weighted by atomic mass is 19.2. The molecule has 6 heteroatoms. The molecule has 0 aliphatic heterocycles. The molecule has 2 rings (SSSR count). The molecule has 0 fully saturated rings. The summed E-state index contributed by atoms with van der Waals surface area (Å²) in [7, 11) is 0. The van der Waals surface area contributed by atoms with E-state index in [0.29, 0.717) is 11.3 Å². The molecular formula is C14H15F2N3O. The molecule has 0 saturated carbocycles. The lowest BCUT2D eigenvalue weighted by atomic mass is 10.2. The summed E-state index contributed by atoms with van der Waals surface area (Å²) in [5.74, 6) is -1.85. The molecule has 0 unspecified atom stereocenters. The topological polar surface area (TPSA) is 46.9 Å². The minimum Gasteiger partial charge on any atom is -0.381 e. The lowest BCUT2D eigenvalue weighted by Gasteiger charge is -2.10. The van der Waals surface area contributed by atoms with Crippen molar-refractivity contribution in [1.29, 1.82) is 0 Å². The second-order valence-electron chi connectivity index (χ2n) is 4.79. The van der Waals surface area contributed by atoms with E-state index in [0.717, 1.165) is 12.1 Å². The molecule has 0 atom stereocenters. The SMILES string of the molecule is CC(C)Nc1cnn(Cc2ccc(F)c(F)c2)c(=O)c1. The van der Waals surface area contributed by atoms with Crippen LogP contribution in [0.5, 0.6) is 0 Å². The first-order chi connectivity index (χ1) is 9.45. The minimum atomic E-state index is -0.936. The number of hydrogen-bond acceptors (Lipinski definition) is 3. The van der Waals surface area contributed by atoms with Crippen molar-refractivity contribution < 1.29 is 8.78 Å². The molecule has 1 N–H and O–H groups in total. The molecule has 2 aromatic rings. The Labute approximate surface area is 115 Å². The number of aromatic nitrogens is 2. The van der Waals surface area contributed by atoms with E-state index in [2.05, 4.69) is 10.4 Å². The highest BCUT2D eigenvalue weighted by Gasteiger charge is 2.06. The molecule has 0 saturated heterocycles. The maximum Gasteiger partial charge on any atom is 0.269 e. The van der Waals surface area contributed by atoms with Crippen molar-refractivity contribution in [2.24, 2.45) is 0 Å². The van der Waals surface area contributed by atoms with Gasteiger partial charge in [-0.05, 0) is 31.5 Å². The van der Waals surface area contributed by atoms with Gasteiger partial charge in [0.15, 0.2) is 11.6 Å². The first kappa shape index (κ1) is 14.2. The smallest absolute Gasteiger partial charge is 0.269 e. The van der Waals surface area contributed by atoms with Crippen LogP contribution in [0.15, 0.2) is 35.3 Å². The average Bonchev–Trinajstić information content (AvgIpc) is 2.36. The zero-order valence-corrected chi connectivity index (χ0v) is 11.2. The number of halogens is 2. The zero-order valence-electron chi connectivity index (χ0n) is 11.2. The van der Waals surface area contributed by atoms with Gasteiger partial charge >= 0.3 is 0 Å². The van der Waals surface area contributed by atoms with Crippen LogP contribution in [-0.4, -0.2) is 15.8 Å². The Morgan fingerprint density at radius 1 is 1.25 bits per heavy atom. The quantitative estimate of drug-likeness (QED) is 0.934. The van der Waals surface area contributed by atoms with Crippen molar-refractivity contribution in [3.8, 4) is 0 Å². The van der Waals surface area contributed by atoms with E-state index >= 15 is 0 Å². The van der Waals surface area contributed by atoms with Crippen LogP contribution in [0, 0.1) is 11.6 Å². The third kappa shape index (κ3) is 3.40. The molecule has 20 heavy (non-hydrogen) atoms. The van der Waals surface area contributed by atoms with Crippen LogP contribution in [0.3, 0.4) is 0 Å². The van der Waals surface area contributed by atoms with Crippen LogP contribution in [0.2, 0.25) is 0 Å². The third-order valence-electron chi connectivity index (χ3n) is 2.64. The zero-order chi connectivity index (χ0) is 14.7. The van der Waals surface area contributed by atoms with Crippen LogP contribution in [0.1, 0.15) is 19.4 Å². The normalized spacial score (nSPS) is 10.8. The van der Waals surface area contributed by atoms with Crippen LogP contribution < -0.4 is 10.9 Å². The number of nitrogens with zero attached hydrogens (tertiary/aromatic N) is 2. The number of rotatable bonds is 4. The molecule has 1 aromatic carbocycles. The second kappa shape index (κ2) is 5.81. The second-order valence-corrected chi connectivity index (χ2v) is 4.79. The lowest BCUT2D eigenvalue weighted by molar-refractivity contribution is 0.505. The summed E-state index contributed by atoms with van der Waals surface area (Å²) >= 11 is 0. The van der Waals surface area contributed by atoms with Gasteiger partial charge in [-0.2, -0.15) is 5.10 Å². The van der Waals surface area contributed by atoms with E-state index in [1.807, 2.05) is 13.8 Å². The fraction of sp³-hybridized carbons (Fsp3) is 0.286. The molecule has 1 aromatic heterocycles. The molecule has 0 radical (unpaired) electrons. The van der Waals surface area contributed by atoms with E-state index < -0.39 is 11.6 Å². The fourth-order valence-electron chi connectivity index (χ4n) is 1.78. The van der Waals surface area contributed by atoms with Crippen LogP contribution in [0.4, 0.5) is 14.5 Å². The predicted octanol–water partition coefficient (Wildman–Crippen LogP) is 2.39. The maximum atomic E-state index is 13.1. The highest BCUT2D eigenvalue weighted by molar-refractivity contribution is 5.39. The van der Waals surface area contributed by atoms with E-state index in [-0.39, 0.29) is 18.1 Å².